The Hall–Kier alpha value is -1.42. The van der Waals surface area contributed by atoms with Crippen LogP contribution in [0.2, 0.25) is 0 Å². The quantitative estimate of drug-likeness (QED) is 0.881. The van der Waals surface area contributed by atoms with E-state index in [4.69, 9.17) is 0 Å². The number of aromatic nitrogens is 2. The fourth-order valence-electron chi connectivity index (χ4n) is 1.97. The average molecular weight is 323 g/mol. The first-order chi connectivity index (χ1) is 9.83. The number of nitrogens with one attached hydrogen (secondary N) is 1. The van der Waals surface area contributed by atoms with Gasteiger partial charge >= 0.3 is 6.18 Å². The second kappa shape index (κ2) is 6.56. The van der Waals surface area contributed by atoms with E-state index in [0.717, 1.165) is 11.0 Å². The summed E-state index contributed by atoms with van der Waals surface area (Å²) in [6, 6.07) is 0. The highest BCUT2D eigenvalue weighted by molar-refractivity contribution is 7.09. The number of amides is 1. The number of anilines is 1. The van der Waals surface area contributed by atoms with Crippen molar-refractivity contribution in [3.05, 3.63) is 5.82 Å². The summed E-state index contributed by atoms with van der Waals surface area (Å²) in [7, 11) is 0. The Labute approximate surface area is 124 Å². The van der Waals surface area contributed by atoms with Crippen LogP contribution in [0, 0.1) is 6.92 Å². The minimum atomic E-state index is -4.37. The summed E-state index contributed by atoms with van der Waals surface area (Å²) in [6.07, 6.45) is -4.37. The van der Waals surface area contributed by atoms with Crippen LogP contribution in [0.25, 0.3) is 0 Å². The third-order valence-electron chi connectivity index (χ3n) is 3.01. The number of carbonyl (C=O) groups is 1. The lowest BCUT2D eigenvalue weighted by Gasteiger charge is -2.33. The molecule has 1 amide bonds. The Morgan fingerprint density at radius 2 is 2.00 bits per heavy atom. The van der Waals surface area contributed by atoms with Crippen LogP contribution >= 0.6 is 11.5 Å². The Kier molecular flexibility index (Phi) is 4.99. The molecule has 6 nitrogen and oxygen atoms in total. The maximum Gasteiger partial charge on any atom is 0.405 e. The van der Waals surface area contributed by atoms with Gasteiger partial charge in [0, 0.05) is 37.7 Å². The summed E-state index contributed by atoms with van der Waals surface area (Å²) < 4.78 is 40.1. The Balaban J connectivity index is 1.73. The lowest BCUT2D eigenvalue weighted by molar-refractivity contribution is -0.139. The van der Waals surface area contributed by atoms with Crippen LogP contribution in [0.15, 0.2) is 0 Å². The molecule has 0 atom stereocenters. The third-order valence-corrected chi connectivity index (χ3v) is 3.88. The standard InChI is InChI=1S/C11H16F3N5OS/c1-8-16-10(21-17-8)19-4-2-18(3-5-19)6-9(20)15-7-11(12,13)14/h2-7H2,1H3,(H,15,20). The molecule has 0 unspecified atom stereocenters. The van der Waals surface area contributed by atoms with Gasteiger partial charge in [0.2, 0.25) is 11.0 Å². The number of nitrogens with zero attached hydrogens (tertiary/aromatic N) is 4. The molecule has 1 fully saturated rings. The van der Waals surface area contributed by atoms with Gasteiger partial charge in [-0.25, -0.2) is 4.98 Å². The SMILES string of the molecule is Cc1nsc(N2CCN(CC(=O)NCC(F)(F)F)CC2)n1. The van der Waals surface area contributed by atoms with E-state index in [-0.39, 0.29) is 6.54 Å². The van der Waals surface area contributed by atoms with E-state index >= 15 is 0 Å². The predicted octanol–water partition coefficient (Wildman–Crippen LogP) is 0.647. The largest absolute Gasteiger partial charge is 0.405 e. The summed E-state index contributed by atoms with van der Waals surface area (Å²) in [4.78, 5) is 19.6. The third kappa shape index (κ3) is 5.12. The molecule has 1 N–H and O–H groups in total. The maximum absolute atomic E-state index is 12.0. The van der Waals surface area contributed by atoms with Gasteiger partial charge in [-0.15, -0.1) is 0 Å². The fraction of sp³-hybridized carbons (Fsp3) is 0.727. The minimum Gasteiger partial charge on any atom is -0.346 e. The average Bonchev–Trinajstić information content (AvgIpc) is 2.83. The first kappa shape index (κ1) is 16.0. The molecule has 2 heterocycles. The van der Waals surface area contributed by atoms with Crippen LogP contribution in [0.1, 0.15) is 5.82 Å². The van der Waals surface area contributed by atoms with Crippen molar-refractivity contribution in [3.63, 3.8) is 0 Å². The molecule has 0 aromatic carbocycles. The summed E-state index contributed by atoms with van der Waals surface area (Å²) in [5, 5.41) is 2.72. The molecule has 0 saturated carbocycles. The van der Waals surface area contributed by atoms with Crippen molar-refractivity contribution >= 4 is 22.6 Å². The molecular weight excluding hydrogens is 307 g/mol. The molecule has 0 spiro atoms. The topological polar surface area (TPSA) is 61.4 Å². The lowest BCUT2D eigenvalue weighted by atomic mass is 10.3. The normalized spacial score (nSPS) is 17.0. The van der Waals surface area contributed by atoms with Crippen molar-refractivity contribution in [1.82, 2.24) is 19.6 Å². The first-order valence-corrected chi connectivity index (χ1v) is 7.22. The maximum atomic E-state index is 12.0. The van der Waals surface area contributed by atoms with Crippen molar-refractivity contribution in [2.75, 3.05) is 44.2 Å². The molecule has 1 aromatic rings. The van der Waals surface area contributed by atoms with Crippen LogP contribution in [0.4, 0.5) is 18.3 Å². The smallest absolute Gasteiger partial charge is 0.346 e. The first-order valence-electron chi connectivity index (χ1n) is 6.44. The number of halogens is 3. The summed E-state index contributed by atoms with van der Waals surface area (Å²) in [6.45, 7) is 3.11. The van der Waals surface area contributed by atoms with Gasteiger partial charge in [0.05, 0.1) is 6.54 Å². The number of hydrogen-bond donors (Lipinski definition) is 1. The summed E-state index contributed by atoms with van der Waals surface area (Å²) in [5.41, 5.74) is 0. The van der Waals surface area contributed by atoms with Gasteiger partial charge in [-0.1, -0.05) is 0 Å². The molecule has 118 valence electrons. The van der Waals surface area contributed by atoms with E-state index in [9.17, 15) is 18.0 Å². The highest BCUT2D eigenvalue weighted by atomic mass is 32.1. The number of rotatable bonds is 4. The Morgan fingerprint density at radius 3 is 2.52 bits per heavy atom. The van der Waals surface area contributed by atoms with Crippen LogP contribution in [0.5, 0.6) is 0 Å². The van der Waals surface area contributed by atoms with Crippen molar-refractivity contribution in [2.45, 2.75) is 13.1 Å². The van der Waals surface area contributed by atoms with Crippen LogP contribution in [0.3, 0.4) is 0 Å². The van der Waals surface area contributed by atoms with Gasteiger partial charge in [-0.05, 0) is 6.92 Å². The van der Waals surface area contributed by atoms with Gasteiger partial charge in [0.15, 0.2) is 0 Å². The van der Waals surface area contributed by atoms with Crippen molar-refractivity contribution in [1.29, 1.82) is 0 Å². The fourth-order valence-corrected chi connectivity index (χ4v) is 2.70. The molecule has 2 rings (SSSR count). The zero-order valence-electron chi connectivity index (χ0n) is 11.5. The number of alkyl halides is 3. The highest BCUT2D eigenvalue weighted by Gasteiger charge is 2.28. The molecule has 1 aliphatic rings. The van der Waals surface area contributed by atoms with Crippen molar-refractivity contribution in [2.24, 2.45) is 0 Å². The zero-order valence-corrected chi connectivity index (χ0v) is 12.3. The number of hydrogen-bond acceptors (Lipinski definition) is 6. The van der Waals surface area contributed by atoms with E-state index < -0.39 is 18.6 Å². The number of aryl methyl sites for hydroxylation is 1. The van der Waals surface area contributed by atoms with Crippen LogP contribution in [-0.4, -0.2) is 65.6 Å². The van der Waals surface area contributed by atoms with Crippen molar-refractivity contribution < 1.29 is 18.0 Å². The van der Waals surface area contributed by atoms with Gasteiger partial charge in [0.1, 0.15) is 12.4 Å². The minimum absolute atomic E-state index is 0.0148. The molecule has 0 aliphatic carbocycles. The molecule has 1 aromatic heterocycles. The number of carbonyl (C=O) groups excluding carboxylic acids is 1. The predicted molar refractivity (Wildman–Crippen MR) is 72.4 cm³/mol. The second-order valence-corrected chi connectivity index (χ2v) is 5.51. The molecule has 10 heteroatoms. The highest BCUT2D eigenvalue weighted by Crippen LogP contribution is 2.18. The van der Waals surface area contributed by atoms with Gasteiger partial charge in [0.25, 0.3) is 0 Å². The molecule has 21 heavy (non-hydrogen) atoms. The molecule has 1 aliphatic heterocycles. The summed E-state index contributed by atoms with van der Waals surface area (Å²) in [5.74, 6) is 0.122. The monoisotopic (exact) mass is 323 g/mol. The lowest BCUT2D eigenvalue weighted by Crippen LogP contribution is -2.50. The van der Waals surface area contributed by atoms with Crippen LogP contribution < -0.4 is 10.2 Å². The van der Waals surface area contributed by atoms with Crippen LogP contribution in [-0.2, 0) is 4.79 Å². The molecule has 0 bridgehead atoms. The van der Waals surface area contributed by atoms with Crippen molar-refractivity contribution in [3.8, 4) is 0 Å². The second-order valence-electron chi connectivity index (χ2n) is 4.78. The van der Waals surface area contributed by atoms with E-state index in [1.165, 1.54) is 11.5 Å². The zero-order chi connectivity index (χ0) is 15.5. The van der Waals surface area contributed by atoms with E-state index in [2.05, 4.69) is 14.3 Å². The van der Waals surface area contributed by atoms with E-state index in [1.807, 2.05) is 17.1 Å². The van der Waals surface area contributed by atoms with E-state index in [0.29, 0.717) is 26.2 Å². The van der Waals surface area contributed by atoms with Gasteiger partial charge in [-0.3, -0.25) is 9.69 Å². The van der Waals surface area contributed by atoms with Gasteiger partial charge < -0.3 is 10.2 Å². The molecule has 1 saturated heterocycles. The Morgan fingerprint density at radius 1 is 1.33 bits per heavy atom. The Bertz CT molecular complexity index is 484. The molecular formula is C11H16F3N5OS. The molecule has 0 radical (unpaired) electrons. The summed E-state index contributed by atoms with van der Waals surface area (Å²) >= 11 is 1.32. The van der Waals surface area contributed by atoms with Gasteiger partial charge in [-0.2, -0.15) is 17.5 Å². The number of piperazine rings is 1. The van der Waals surface area contributed by atoms with E-state index in [1.54, 1.807) is 0 Å².